The molecule has 1 aromatic carbocycles. The van der Waals surface area contributed by atoms with E-state index in [1.807, 2.05) is 39.8 Å². The first-order valence-electron chi connectivity index (χ1n) is 6.35. The largest absolute Gasteiger partial charge is 0.350 e. The molecule has 0 atom stereocenters. The number of amides is 1. The molecule has 0 unspecified atom stereocenters. The number of anilines is 1. The van der Waals surface area contributed by atoms with Crippen molar-refractivity contribution in [1.82, 2.24) is 5.32 Å². The van der Waals surface area contributed by atoms with Crippen LogP contribution in [0.25, 0.3) is 0 Å². The number of nitrogens with one attached hydrogen (secondary N) is 1. The minimum absolute atomic E-state index is 0.221. The minimum Gasteiger partial charge on any atom is -0.350 e. The van der Waals surface area contributed by atoms with Gasteiger partial charge >= 0.3 is 0 Å². The SMILES string of the molecule is Cc1ccccc1N(CC(=O)NC(C)(C)C)S(C)(=O)=O. The van der Waals surface area contributed by atoms with E-state index in [0.29, 0.717) is 5.69 Å². The second kappa shape index (κ2) is 5.83. The molecule has 20 heavy (non-hydrogen) atoms. The number of benzene rings is 1. The molecule has 6 heteroatoms. The molecule has 0 aromatic heterocycles. The number of sulfonamides is 1. The molecule has 0 saturated heterocycles. The van der Waals surface area contributed by atoms with Crippen LogP contribution in [0.4, 0.5) is 5.69 Å². The van der Waals surface area contributed by atoms with Gasteiger partial charge in [0.2, 0.25) is 15.9 Å². The van der Waals surface area contributed by atoms with E-state index in [2.05, 4.69) is 5.32 Å². The van der Waals surface area contributed by atoms with E-state index in [1.165, 1.54) is 0 Å². The Bertz CT molecular complexity index is 589. The van der Waals surface area contributed by atoms with Crippen molar-refractivity contribution in [3.05, 3.63) is 29.8 Å². The molecule has 0 bridgehead atoms. The molecule has 0 aliphatic carbocycles. The first-order chi connectivity index (χ1) is 9.00. The molecular formula is C14H22N2O3S. The molecule has 1 amide bonds. The van der Waals surface area contributed by atoms with Crippen molar-refractivity contribution in [3.8, 4) is 0 Å². The van der Waals surface area contributed by atoms with Crippen molar-refractivity contribution >= 4 is 21.6 Å². The zero-order valence-electron chi connectivity index (χ0n) is 12.6. The van der Waals surface area contributed by atoms with Crippen molar-refractivity contribution in [2.24, 2.45) is 0 Å². The molecule has 112 valence electrons. The van der Waals surface area contributed by atoms with Crippen molar-refractivity contribution in [3.63, 3.8) is 0 Å². The Morgan fingerprint density at radius 1 is 1.25 bits per heavy atom. The van der Waals surface area contributed by atoms with Gasteiger partial charge in [-0.15, -0.1) is 0 Å². The average Bonchev–Trinajstić information content (AvgIpc) is 2.23. The molecular weight excluding hydrogens is 276 g/mol. The fraction of sp³-hybridized carbons (Fsp3) is 0.500. The van der Waals surface area contributed by atoms with Gasteiger partial charge in [-0.05, 0) is 39.3 Å². The van der Waals surface area contributed by atoms with Crippen molar-refractivity contribution in [2.45, 2.75) is 33.2 Å². The molecule has 1 N–H and O–H groups in total. The summed E-state index contributed by atoms with van der Waals surface area (Å²) < 4.78 is 25.0. The van der Waals surface area contributed by atoms with Crippen molar-refractivity contribution in [2.75, 3.05) is 17.1 Å². The maximum absolute atomic E-state index is 12.0. The van der Waals surface area contributed by atoms with E-state index in [9.17, 15) is 13.2 Å². The highest BCUT2D eigenvalue weighted by Crippen LogP contribution is 2.21. The van der Waals surface area contributed by atoms with Crippen LogP contribution >= 0.6 is 0 Å². The zero-order chi connectivity index (χ0) is 15.6. The second-order valence-corrected chi connectivity index (χ2v) is 7.76. The molecule has 0 heterocycles. The van der Waals surface area contributed by atoms with Gasteiger partial charge in [-0.1, -0.05) is 18.2 Å². The average molecular weight is 298 g/mol. The molecule has 0 aliphatic heterocycles. The van der Waals surface area contributed by atoms with Gasteiger partial charge in [0.15, 0.2) is 0 Å². The Balaban J connectivity index is 3.05. The second-order valence-electron chi connectivity index (χ2n) is 5.85. The highest BCUT2D eigenvalue weighted by Gasteiger charge is 2.23. The Labute approximate surface area is 121 Å². The first kappa shape index (κ1) is 16.5. The summed E-state index contributed by atoms with van der Waals surface area (Å²) in [5, 5.41) is 2.77. The van der Waals surface area contributed by atoms with Crippen LogP contribution < -0.4 is 9.62 Å². The van der Waals surface area contributed by atoms with Crippen LogP contribution in [0.1, 0.15) is 26.3 Å². The van der Waals surface area contributed by atoms with Crippen molar-refractivity contribution in [1.29, 1.82) is 0 Å². The number of carbonyl (C=O) groups is 1. The standard InChI is InChI=1S/C14H22N2O3S/c1-11-8-6-7-9-12(11)16(20(5,18)19)10-13(17)15-14(2,3)4/h6-9H,10H2,1-5H3,(H,15,17). The quantitative estimate of drug-likeness (QED) is 0.919. The summed E-state index contributed by atoms with van der Waals surface area (Å²) in [6.07, 6.45) is 1.10. The van der Waals surface area contributed by atoms with Crippen LogP contribution in [-0.2, 0) is 14.8 Å². The third-order valence-electron chi connectivity index (χ3n) is 2.59. The van der Waals surface area contributed by atoms with E-state index < -0.39 is 15.6 Å². The Morgan fingerprint density at radius 3 is 2.25 bits per heavy atom. The fourth-order valence-corrected chi connectivity index (χ4v) is 2.73. The smallest absolute Gasteiger partial charge is 0.241 e. The lowest BCUT2D eigenvalue weighted by molar-refractivity contribution is -0.121. The highest BCUT2D eigenvalue weighted by molar-refractivity contribution is 7.92. The van der Waals surface area contributed by atoms with Crippen LogP contribution in [-0.4, -0.2) is 32.7 Å². The summed E-state index contributed by atoms with van der Waals surface area (Å²) in [5.74, 6) is -0.328. The van der Waals surface area contributed by atoms with E-state index in [-0.39, 0.29) is 12.5 Å². The van der Waals surface area contributed by atoms with Gasteiger partial charge in [0.25, 0.3) is 0 Å². The molecule has 0 spiro atoms. The van der Waals surface area contributed by atoms with Gasteiger partial charge in [0.1, 0.15) is 6.54 Å². The lowest BCUT2D eigenvalue weighted by Gasteiger charge is -2.26. The number of carbonyl (C=O) groups excluding carboxylic acids is 1. The summed E-state index contributed by atoms with van der Waals surface area (Å²) in [6.45, 7) is 7.15. The first-order valence-corrected chi connectivity index (χ1v) is 8.20. The molecule has 1 aromatic rings. The number of aryl methyl sites for hydroxylation is 1. The molecule has 0 radical (unpaired) electrons. The Morgan fingerprint density at radius 2 is 1.80 bits per heavy atom. The third-order valence-corrected chi connectivity index (χ3v) is 3.71. The van der Waals surface area contributed by atoms with Gasteiger partial charge in [0.05, 0.1) is 11.9 Å². The molecule has 0 saturated carbocycles. The Kier molecular flexibility index (Phi) is 4.81. The summed E-state index contributed by atoms with van der Waals surface area (Å²) in [6, 6.07) is 7.09. The lowest BCUT2D eigenvalue weighted by atomic mass is 10.1. The predicted molar refractivity (Wildman–Crippen MR) is 81.3 cm³/mol. The lowest BCUT2D eigenvalue weighted by Crippen LogP contribution is -2.47. The molecule has 5 nitrogen and oxygen atoms in total. The fourth-order valence-electron chi connectivity index (χ4n) is 1.81. The number of hydrogen-bond acceptors (Lipinski definition) is 3. The summed E-state index contributed by atoms with van der Waals surface area (Å²) in [4.78, 5) is 12.0. The van der Waals surface area contributed by atoms with Crippen LogP contribution in [0.15, 0.2) is 24.3 Å². The van der Waals surface area contributed by atoms with Crippen molar-refractivity contribution < 1.29 is 13.2 Å². The number of hydrogen-bond donors (Lipinski definition) is 1. The zero-order valence-corrected chi connectivity index (χ0v) is 13.4. The normalized spacial score (nSPS) is 12.1. The van der Waals surface area contributed by atoms with Gasteiger partial charge < -0.3 is 5.32 Å². The van der Waals surface area contributed by atoms with Crippen LogP contribution in [0.2, 0.25) is 0 Å². The van der Waals surface area contributed by atoms with Gasteiger partial charge in [-0.2, -0.15) is 0 Å². The van der Waals surface area contributed by atoms with Crippen LogP contribution in [0, 0.1) is 6.92 Å². The summed E-state index contributed by atoms with van der Waals surface area (Å²) in [7, 11) is -3.52. The minimum atomic E-state index is -3.52. The van der Waals surface area contributed by atoms with E-state index in [1.54, 1.807) is 12.1 Å². The predicted octanol–water partition coefficient (Wildman–Crippen LogP) is 1.68. The summed E-state index contributed by atoms with van der Waals surface area (Å²) >= 11 is 0. The monoisotopic (exact) mass is 298 g/mol. The third kappa shape index (κ3) is 4.85. The number of nitrogens with zero attached hydrogens (tertiary/aromatic N) is 1. The van der Waals surface area contributed by atoms with E-state index in [0.717, 1.165) is 16.1 Å². The Hall–Kier alpha value is -1.56. The van der Waals surface area contributed by atoms with Crippen LogP contribution in [0.5, 0.6) is 0 Å². The molecule has 0 aliphatic rings. The van der Waals surface area contributed by atoms with E-state index >= 15 is 0 Å². The van der Waals surface area contributed by atoms with Crippen LogP contribution in [0.3, 0.4) is 0 Å². The van der Waals surface area contributed by atoms with E-state index in [4.69, 9.17) is 0 Å². The maximum Gasteiger partial charge on any atom is 0.241 e. The van der Waals surface area contributed by atoms with Gasteiger partial charge in [0, 0.05) is 5.54 Å². The van der Waals surface area contributed by atoms with Gasteiger partial charge in [-0.25, -0.2) is 8.42 Å². The summed E-state index contributed by atoms with van der Waals surface area (Å²) in [5.41, 5.74) is 0.937. The maximum atomic E-state index is 12.0. The number of rotatable bonds is 4. The molecule has 0 fully saturated rings. The topological polar surface area (TPSA) is 66.5 Å². The molecule has 1 rings (SSSR count). The van der Waals surface area contributed by atoms with Gasteiger partial charge in [-0.3, -0.25) is 9.10 Å². The number of para-hydroxylation sites is 1. The highest BCUT2D eigenvalue weighted by atomic mass is 32.2.